The van der Waals surface area contributed by atoms with E-state index in [4.69, 9.17) is 28.2 Å². The summed E-state index contributed by atoms with van der Waals surface area (Å²) in [7, 11) is 0. The predicted molar refractivity (Wildman–Crippen MR) is 97.8 cm³/mol. The van der Waals surface area contributed by atoms with Gasteiger partial charge in [0, 0.05) is 11.3 Å². The Bertz CT molecular complexity index is 564. The van der Waals surface area contributed by atoms with Crippen LogP contribution in [0.1, 0.15) is 57.9 Å². The van der Waals surface area contributed by atoms with Gasteiger partial charge in [-0.2, -0.15) is 0 Å². The van der Waals surface area contributed by atoms with E-state index in [0.29, 0.717) is 16.0 Å². The molecule has 0 bridgehead atoms. The number of hydrogen-bond acceptors (Lipinski definition) is 2. The smallest absolute Gasteiger partial charge is 0.154 e. The molecule has 2 nitrogen and oxygen atoms in total. The Balaban J connectivity index is 2.08. The SMILES string of the molecule is CCCCCC(CCC)C1=NC(c2ccc(Cl)c(Cl)c2)=NC1. The van der Waals surface area contributed by atoms with E-state index in [1.54, 1.807) is 6.07 Å². The molecule has 0 amide bonds. The molecule has 1 heterocycles. The Kier molecular flexibility index (Phi) is 6.91. The molecule has 22 heavy (non-hydrogen) atoms. The summed E-state index contributed by atoms with van der Waals surface area (Å²) in [6, 6.07) is 5.59. The number of benzene rings is 1. The summed E-state index contributed by atoms with van der Waals surface area (Å²) in [4.78, 5) is 9.39. The lowest BCUT2D eigenvalue weighted by Gasteiger charge is -2.15. The fraction of sp³-hybridized carbons (Fsp3) is 0.556. The van der Waals surface area contributed by atoms with Crippen LogP contribution in [0.15, 0.2) is 28.2 Å². The van der Waals surface area contributed by atoms with Gasteiger partial charge in [-0.3, -0.25) is 4.99 Å². The summed E-state index contributed by atoms with van der Waals surface area (Å²) in [6.45, 7) is 5.21. The lowest BCUT2D eigenvalue weighted by Crippen LogP contribution is -2.16. The van der Waals surface area contributed by atoms with Crippen molar-refractivity contribution in [1.82, 2.24) is 0 Å². The molecule has 0 aliphatic carbocycles. The van der Waals surface area contributed by atoms with Crippen LogP contribution >= 0.6 is 23.2 Å². The molecule has 2 rings (SSSR count). The summed E-state index contributed by atoms with van der Waals surface area (Å²) in [5, 5.41) is 1.12. The average molecular weight is 339 g/mol. The van der Waals surface area contributed by atoms with E-state index in [1.165, 1.54) is 44.2 Å². The van der Waals surface area contributed by atoms with E-state index < -0.39 is 0 Å². The van der Waals surface area contributed by atoms with Gasteiger partial charge in [-0.1, -0.05) is 62.7 Å². The van der Waals surface area contributed by atoms with Gasteiger partial charge in [-0.25, -0.2) is 4.99 Å². The van der Waals surface area contributed by atoms with Crippen LogP contribution in [0.5, 0.6) is 0 Å². The van der Waals surface area contributed by atoms with Gasteiger partial charge < -0.3 is 0 Å². The maximum Gasteiger partial charge on any atom is 0.154 e. The van der Waals surface area contributed by atoms with Crippen molar-refractivity contribution in [3.05, 3.63) is 33.8 Å². The first-order valence-electron chi connectivity index (χ1n) is 8.23. The number of halogens is 2. The number of rotatable bonds is 8. The second kappa shape index (κ2) is 8.69. The van der Waals surface area contributed by atoms with Crippen molar-refractivity contribution in [2.45, 2.75) is 52.4 Å². The van der Waals surface area contributed by atoms with E-state index in [0.717, 1.165) is 17.9 Å². The van der Waals surface area contributed by atoms with E-state index in [2.05, 4.69) is 18.8 Å². The Morgan fingerprint density at radius 3 is 2.55 bits per heavy atom. The molecule has 0 saturated heterocycles. The zero-order chi connectivity index (χ0) is 15.9. The Hall–Kier alpha value is -0.860. The van der Waals surface area contributed by atoms with Crippen LogP contribution in [0.4, 0.5) is 0 Å². The van der Waals surface area contributed by atoms with Crippen LogP contribution < -0.4 is 0 Å². The second-order valence-electron chi connectivity index (χ2n) is 5.85. The number of hydrogen-bond donors (Lipinski definition) is 0. The normalized spacial score (nSPS) is 15.6. The highest BCUT2D eigenvalue weighted by Crippen LogP contribution is 2.25. The van der Waals surface area contributed by atoms with Gasteiger partial charge in [0.15, 0.2) is 5.84 Å². The summed E-state index contributed by atoms with van der Waals surface area (Å²) in [6.07, 6.45) is 7.46. The molecule has 4 heteroatoms. The van der Waals surface area contributed by atoms with E-state index in [9.17, 15) is 0 Å². The largest absolute Gasteiger partial charge is 0.260 e. The predicted octanol–water partition coefficient (Wildman–Crippen LogP) is 6.19. The molecule has 1 aromatic carbocycles. The summed E-state index contributed by atoms with van der Waals surface area (Å²) < 4.78 is 0. The van der Waals surface area contributed by atoms with Gasteiger partial charge in [0.25, 0.3) is 0 Å². The van der Waals surface area contributed by atoms with Crippen LogP contribution in [0.25, 0.3) is 0 Å². The Morgan fingerprint density at radius 2 is 1.86 bits per heavy atom. The molecule has 0 radical (unpaired) electrons. The highest BCUT2D eigenvalue weighted by atomic mass is 35.5. The van der Waals surface area contributed by atoms with Gasteiger partial charge in [0.05, 0.1) is 16.6 Å². The van der Waals surface area contributed by atoms with Gasteiger partial charge in [-0.15, -0.1) is 0 Å². The summed E-state index contributed by atoms with van der Waals surface area (Å²) in [5.74, 6) is 1.37. The Morgan fingerprint density at radius 1 is 1.05 bits per heavy atom. The fourth-order valence-corrected chi connectivity index (χ4v) is 3.14. The summed E-state index contributed by atoms with van der Waals surface area (Å²) >= 11 is 12.1. The minimum atomic E-state index is 0.554. The standard InChI is InChI=1S/C18H24Cl2N2/c1-3-5-6-8-13(7-4-2)17-12-21-18(22-17)14-9-10-15(19)16(20)11-14/h9-11,13H,3-8,12H2,1-2H3. The fourth-order valence-electron chi connectivity index (χ4n) is 2.84. The molecule has 0 fully saturated rings. The highest BCUT2D eigenvalue weighted by molar-refractivity contribution is 6.42. The van der Waals surface area contributed by atoms with Gasteiger partial charge in [0.1, 0.15) is 0 Å². The average Bonchev–Trinajstić information content (AvgIpc) is 2.99. The molecule has 0 aromatic heterocycles. The first kappa shape index (κ1) is 17.5. The third-order valence-corrected chi connectivity index (χ3v) is 4.82. The molecule has 1 atom stereocenters. The molecule has 1 aromatic rings. The van der Waals surface area contributed by atoms with Crippen molar-refractivity contribution in [2.24, 2.45) is 15.9 Å². The lowest BCUT2D eigenvalue weighted by molar-refractivity contribution is 0.524. The van der Waals surface area contributed by atoms with Crippen molar-refractivity contribution in [2.75, 3.05) is 6.54 Å². The van der Waals surface area contributed by atoms with Gasteiger partial charge >= 0.3 is 0 Å². The van der Waals surface area contributed by atoms with Crippen LogP contribution in [0.2, 0.25) is 10.0 Å². The molecule has 0 spiro atoms. The minimum Gasteiger partial charge on any atom is -0.260 e. The minimum absolute atomic E-state index is 0.554. The second-order valence-corrected chi connectivity index (χ2v) is 6.67. The van der Waals surface area contributed by atoms with E-state index in [1.807, 2.05) is 12.1 Å². The third kappa shape index (κ3) is 4.57. The van der Waals surface area contributed by atoms with Crippen LogP contribution in [-0.2, 0) is 0 Å². The maximum absolute atomic E-state index is 6.09. The molecule has 1 unspecified atom stereocenters. The van der Waals surface area contributed by atoms with E-state index in [-0.39, 0.29) is 0 Å². The molecule has 1 aliphatic rings. The van der Waals surface area contributed by atoms with Crippen molar-refractivity contribution < 1.29 is 0 Å². The van der Waals surface area contributed by atoms with Crippen molar-refractivity contribution in [1.29, 1.82) is 0 Å². The monoisotopic (exact) mass is 338 g/mol. The topological polar surface area (TPSA) is 24.7 Å². The first-order chi connectivity index (χ1) is 10.7. The van der Waals surface area contributed by atoms with Crippen molar-refractivity contribution in [3.8, 4) is 0 Å². The van der Waals surface area contributed by atoms with Crippen LogP contribution in [0, 0.1) is 5.92 Å². The lowest BCUT2D eigenvalue weighted by atomic mass is 9.92. The number of aliphatic imine (C=N–C) groups is 2. The molecule has 120 valence electrons. The van der Waals surface area contributed by atoms with Crippen LogP contribution in [-0.4, -0.2) is 18.1 Å². The Labute approximate surface area is 143 Å². The highest BCUT2D eigenvalue weighted by Gasteiger charge is 2.20. The molecular weight excluding hydrogens is 315 g/mol. The third-order valence-electron chi connectivity index (χ3n) is 4.08. The van der Waals surface area contributed by atoms with Gasteiger partial charge in [0.2, 0.25) is 0 Å². The first-order valence-corrected chi connectivity index (χ1v) is 8.98. The quantitative estimate of drug-likeness (QED) is 0.504. The zero-order valence-corrected chi connectivity index (χ0v) is 14.9. The van der Waals surface area contributed by atoms with E-state index >= 15 is 0 Å². The van der Waals surface area contributed by atoms with Crippen molar-refractivity contribution >= 4 is 34.7 Å². The van der Waals surface area contributed by atoms with Gasteiger partial charge in [-0.05, 0) is 37.0 Å². The maximum atomic E-state index is 6.09. The molecule has 1 aliphatic heterocycles. The molecule has 0 N–H and O–H groups in total. The number of unbranched alkanes of at least 4 members (excludes halogenated alkanes) is 2. The molecule has 0 saturated carbocycles. The zero-order valence-electron chi connectivity index (χ0n) is 13.4. The number of nitrogens with zero attached hydrogens (tertiary/aromatic N) is 2. The van der Waals surface area contributed by atoms with Crippen molar-refractivity contribution in [3.63, 3.8) is 0 Å². The number of amidine groups is 1. The molecular formula is C18H24Cl2N2. The van der Waals surface area contributed by atoms with Crippen LogP contribution in [0.3, 0.4) is 0 Å². The summed E-state index contributed by atoms with van der Waals surface area (Å²) in [5.41, 5.74) is 2.19.